The lowest BCUT2D eigenvalue weighted by molar-refractivity contribution is 0.480. The molecule has 15 heavy (non-hydrogen) atoms. The maximum atomic E-state index is 3.73. The maximum absolute atomic E-state index is 3.73. The first-order valence-corrected chi connectivity index (χ1v) is 6.04. The summed E-state index contributed by atoms with van der Waals surface area (Å²) in [6.07, 6.45) is 7.43. The lowest BCUT2D eigenvalue weighted by Crippen LogP contribution is -1.91. The Balaban J connectivity index is 0. The zero-order valence-electron chi connectivity index (χ0n) is 11.4. The molecule has 2 nitrogen and oxygen atoms in total. The van der Waals surface area contributed by atoms with Crippen LogP contribution in [0.15, 0.2) is 22.0 Å². The molecule has 0 saturated carbocycles. The molecular weight excluding hydrogens is 184 g/mol. The van der Waals surface area contributed by atoms with Crippen molar-refractivity contribution in [3.63, 3.8) is 0 Å². The van der Waals surface area contributed by atoms with Crippen molar-refractivity contribution in [3.8, 4) is 0 Å². The third-order valence-electron chi connectivity index (χ3n) is 2.24. The van der Waals surface area contributed by atoms with Gasteiger partial charge in [0.1, 0.15) is 0 Å². The molecule has 0 spiro atoms. The van der Waals surface area contributed by atoms with Crippen LogP contribution in [-0.2, 0) is 0 Å². The summed E-state index contributed by atoms with van der Waals surface area (Å²) in [5.74, 6) is 0.963. The van der Waals surface area contributed by atoms with Crippen molar-refractivity contribution in [1.29, 1.82) is 0 Å². The number of nitrogens with zero attached hydrogens (tertiary/aromatic N) is 2. The lowest BCUT2D eigenvalue weighted by Gasteiger charge is -2.05. The Morgan fingerprint density at radius 1 is 1.20 bits per heavy atom. The van der Waals surface area contributed by atoms with Crippen LogP contribution in [0.25, 0.3) is 0 Å². The Hall–Kier alpha value is -0.660. The van der Waals surface area contributed by atoms with Gasteiger partial charge in [0.05, 0.1) is 5.70 Å². The number of hydrogen-bond donors (Lipinski definition) is 0. The summed E-state index contributed by atoms with van der Waals surface area (Å²) in [7, 11) is 1.66. The smallest absolute Gasteiger partial charge is 0.0552 e. The van der Waals surface area contributed by atoms with E-state index in [1.165, 1.54) is 25.7 Å². The number of rotatable bonds is 5. The van der Waals surface area contributed by atoms with Crippen molar-refractivity contribution in [3.05, 3.63) is 11.8 Å². The third kappa shape index (κ3) is 16.0. The minimum Gasteiger partial charge on any atom is -0.192 e. The standard InChI is InChI=1S/C8H18.C5H10N2/c1-4-6-8(3)7-5-2;1-4-5(2)7-6-3/h8H,4-7H2,1-3H3;4H,1-3H3/b;5-4-,7-6?. The third-order valence-corrected chi connectivity index (χ3v) is 2.24. The SMILES string of the molecule is C/C=C(/C)N=NC.CCCC(C)CCC. The number of hydrogen-bond acceptors (Lipinski definition) is 2. The maximum Gasteiger partial charge on any atom is 0.0552 e. The Morgan fingerprint density at radius 2 is 1.67 bits per heavy atom. The van der Waals surface area contributed by atoms with Gasteiger partial charge in [0, 0.05) is 7.05 Å². The highest BCUT2D eigenvalue weighted by molar-refractivity contribution is 4.90. The monoisotopic (exact) mass is 212 g/mol. The van der Waals surface area contributed by atoms with Crippen molar-refractivity contribution in [1.82, 2.24) is 0 Å². The van der Waals surface area contributed by atoms with Crippen LogP contribution in [0, 0.1) is 5.92 Å². The Labute approximate surface area is 95.9 Å². The van der Waals surface area contributed by atoms with Crippen LogP contribution in [0.4, 0.5) is 0 Å². The normalized spacial score (nSPS) is 11.8. The molecule has 0 aromatic heterocycles. The molecule has 0 aliphatic heterocycles. The molecule has 0 saturated heterocycles. The van der Waals surface area contributed by atoms with Gasteiger partial charge in [-0.25, -0.2) is 0 Å². The summed E-state index contributed by atoms with van der Waals surface area (Å²) >= 11 is 0. The first kappa shape index (κ1) is 16.8. The highest BCUT2D eigenvalue weighted by atomic mass is 15.1. The first-order chi connectivity index (χ1) is 7.12. The molecule has 0 bridgehead atoms. The minimum atomic E-state index is 0.961. The molecule has 0 aliphatic carbocycles. The number of allylic oxidation sites excluding steroid dienone is 2. The van der Waals surface area contributed by atoms with E-state index >= 15 is 0 Å². The van der Waals surface area contributed by atoms with E-state index in [1.54, 1.807) is 7.05 Å². The summed E-state index contributed by atoms with van der Waals surface area (Å²) in [5.41, 5.74) is 0.961. The molecule has 0 aliphatic rings. The van der Waals surface area contributed by atoms with Gasteiger partial charge in [0.2, 0.25) is 0 Å². The molecule has 0 aromatic carbocycles. The first-order valence-electron chi connectivity index (χ1n) is 6.04. The largest absolute Gasteiger partial charge is 0.192 e. The summed E-state index contributed by atoms with van der Waals surface area (Å²) < 4.78 is 0. The van der Waals surface area contributed by atoms with Crippen LogP contribution in [-0.4, -0.2) is 7.05 Å². The van der Waals surface area contributed by atoms with Gasteiger partial charge in [0.15, 0.2) is 0 Å². The van der Waals surface area contributed by atoms with Crippen molar-refractivity contribution in [2.75, 3.05) is 7.05 Å². The Morgan fingerprint density at radius 3 is 1.87 bits per heavy atom. The van der Waals surface area contributed by atoms with Crippen LogP contribution in [0.2, 0.25) is 0 Å². The van der Waals surface area contributed by atoms with E-state index in [2.05, 4.69) is 31.0 Å². The van der Waals surface area contributed by atoms with Crippen molar-refractivity contribution in [2.24, 2.45) is 16.1 Å². The van der Waals surface area contributed by atoms with Crippen molar-refractivity contribution < 1.29 is 0 Å². The average molecular weight is 212 g/mol. The van der Waals surface area contributed by atoms with E-state index in [0.29, 0.717) is 0 Å². The molecular formula is C13H28N2. The average Bonchev–Trinajstić information content (AvgIpc) is 2.20. The highest BCUT2D eigenvalue weighted by Crippen LogP contribution is 2.10. The molecule has 0 aromatic rings. The van der Waals surface area contributed by atoms with Crippen LogP contribution in [0.3, 0.4) is 0 Å². The Bertz CT molecular complexity index is 165. The predicted molar refractivity (Wildman–Crippen MR) is 69.2 cm³/mol. The second kappa shape index (κ2) is 13.3. The quantitative estimate of drug-likeness (QED) is 0.558. The van der Waals surface area contributed by atoms with Gasteiger partial charge in [-0.2, -0.15) is 10.2 Å². The molecule has 90 valence electrons. The zero-order valence-corrected chi connectivity index (χ0v) is 11.4. The summed E-state index contributed by atoms with van der Waals surface area (Å²) in [5, 5.41) is 7.29. The van der Waals surface area contributed by atoms with Crippen molar-refractivity contribution >= 4 is 0 Å². The van der Waals surface area contributed by atoms with E-state index < -0.39 is 0 Å². The zero-order chi connectivity index (χ0) is 12.1. The topological polar surface area (TPSA) is 24.7 Å². The molecule has 0 fully saturated rings. The van der Waals surface area contributed by atoms with E-state index in [9.17, 15) is 0 Å². The lowest BCUT2D eigenvalue weighted by atomic mass is 10.0. The summed E-state index contributed by atoms with van der Waals surface area (Å²) in [6, 6.07) is 0. The van der Waals surface area contributed by atoms with Gasteiger partial charge in [-0.1, -0.05) is 52.5 Å². The fraction of sp³-hybridized carbons (Fsp3) is 0.846. The summed E-state index contributed by atoms with van der Waals surface area (Å²) in [4.78, 5) is 0. The minimum absolute atomic E-state index is 0.961. The van der Waals surface area contributed by atoms with E-state index in [0.717, 1.165) is 11.6 Å². The highest BCUT2D eigenvalue weighted by Gasteiger charge is 1.95. The molecule has 0 heterocycles. The van der Waals surface area contributed by atoms with Gasteiger partial charge in [-0.3, -0.25) is 0 Å². The second-order valence-corrected chi connectivity index (χ2v) is 3.91. The molecule has 2 heteroatoms. The second-order valence-electron chi connectivity index (χ2n) is 3.91. The van der Waals surface area contributed by atoms with Gasteiger partial charge in [0.25, 0.3) is 0 Å². The van der Waals surface area contributed by atoms with Gasteiger partial charge >= 0.3 is 0 Å². The van der Waals surface area contributed by atoms with Gasteiger partial charge < -0.3 is 0 Å². The van der Waals surface area contributed by atoms with Crippen LogP contribution in [0.5, 0.6) is 0 Å². The van der Waals surface area contributed by atoms with E-state index in [-0.39, 0.29) is 0 Å². The fourth-order valence-electron chi connectivity index (χ4n) is 1.35. The predicted octanol–water partition coefficient (Wildman–Crippen LogP) is 5.21. The molecule has 0 amide bonds. The molecule has 0 radical (unpaired) electrons. The van der Waals surface area contributed by atoms with E-state index in [4.69, 9.17) is 0 Å². The summed E-state index contributed by atoms with van der Waals surface area (Å²) in [6.45, 7) is 10.7. The van der Waals surface area contributed by atoms with Crippen LogP contribution in [0.1, 0.15) is 60.3 Å². The fourth-order valence-corrected chi connectivity index (χ4v) is 1.35. The number of azo groups is 1. The molecule has 0 rings (SSSR count). The van der Waals surface area contributed by atoms with Crippen LogP contribution < -0.4 is 0 Å². The van der Waals surface area contributed by atoms with E-state index in [1.807, 2.05) is 19.9 Å². The molecule has 0 unspecified atom stereocenters. The molecule has 0 atom stereocenters. The van der Waals surface area contributed by atoms with Crippen LogP contribution >= 0.6 is 0 Å². The van der Waals surface area contributed by atoms with Crippen molar-refractivity contribution in [2.45, 2.75) is 60.3 Å². The Kier molecular flexibility index (Phi) is 14.9. The van der Waals surface area contributed by atoms with Gasteiger partial charge in [-0.15, -0.1) is 0 Å². The molecule has 0 N–H and O–H groups in total. The van der Waals surface area contributed by atoms with Gasteiger partial charge in [-0.05, 0) is 19.8 Å².